The largest absolute Gasteiger partial charge is 0.396 e. The van der Waals surface area contributed by atoms with Crippen molar-refractivity contribution < 1.29 is 35.4 Å². The summed E-state index contributed by atoms with van der Waals surface area (Å²) in [6.07, 6.45) is -4.15. The molecule has 7 nitrogen and oxygen atoms in total. The Balaban J connectivity index is 2.48. The van der Waals surface area contributed by atoms with E-state index in [1.165, 1.54) is 0 Å². The highest BCUT2D eigenvalue weighted by atomic mass is 16.6. The van der Waals surface area contributed by atoms with Crippen LogP contribution in [0.25, 0.3) is 0 Å². The number of aliphatic hydroxyl groups is 6. The summed E-state index contributed by atoms with van der Waals surface area (Å²) in [6, 6.07) is 0. The summed E-state index contributed by atoms with van der Waals surface area (Å²) in [4.78, 5) is 0. The van der Waals surface area contributed by atoms with Gasteiger partial charge in [-0.2, -0.15) is 0 Å². The van der Waals surface area contributed by atoms with Gasteiger partial charge >= 0.3 is 0 Å². The number of ether oxygens (including phenoxy) is 1. The third-order valence-electron chi connectivity index (χ3n) is 3.16. The summed E-state index contributed by atoms with van der Waals surface area (Å²) < 4.78 is 4.92. The predicted octanol–water partition coefficient (Wildman–Crippen LogP) is -2.30. The van der Waals surface area contributed by atoms with Gasteiger partial charge in [0.2, 0.25) is 0 Å². The Morgan fingerprint density at radius 1 is 1.22 bits per heavy atom. The van der Waals surface area contributed by atoms with Crippen LogP contribution in [-0.2, 0) is 4.74 Å². The Hall–Kier alpha value is -0.280. The molecule has 7 heteroatoms. The SMILES string of the molecule is OCCCCC(O)C[C@@]1(O)OC[C@@H](O)[C@H](O)[C@H]1O. The number of hydrogen-bond donors (Lipinski definition) is 6. The summed E-state index contributed by atoms with van der Waals surface area (Å²) in [6.45, 7) is -0.279. The lowest BCUT2D eigenvalue weighted by Crippen LogP contribution is -2.61. The summed E-state index contributed by atoms with van der Waals surface area (Å²) in [7, 11) is 0. The Labute approximate surface area is 105 Å². The molecule has 0 aromatic rings. The van der Waals surface area contributed by atoms with Crippen LogP contribution in [0.4, 0.5) is 0 Å². The molecule has 5 atom stereocenters. The van der Waals surface area contributed by atoms with Crippen molar-refractivity contribution >= 4 is 0 Å². The second-order valence-electron chi connectivity index (χ2n) is 4.74. The van der Waals surface area contributed by atoms with Crippen LogP contribution in [0.2, 0.25) is 0 Å². The summed E-state index contributed by atoms with van der Waals surface area (Å²) in [5.74, 6) is -2.06. The fraction of sp³-hybridized carbons (Fsp3) is 1.00. The van der Waals surface area contributed by atoms with E-state index in [9.17, 15) is 25.5 Å². The van der Waals surface area contributed by atoms with Crippen LogP contribution in [0.1, 0.15) is 25.7 Å². The molecular formula is C11H22O7. The maximum atomic E-state index is 10.0. The van der Waals surface area contributed by atoms with E-state index in [1.807, 2.05) is 0 Å². The van der Waals surface area contributed by atoms with Gasteiger partial charge in [-0.3, -0.25) is 0 Å². The van der Waals surface area contributed by atoms with Crippen molar-refractivity contribution in [1.29, 1.82) is 0 Å². The van der Waals surface area contributed by atoms with Gasteiger partial charge in [0.05, 0.1) is 12.7 Å². The van der Waals surface area contributed by atoms with Crippen LogP contribution in [0.3, 0.4) is 0 Å². The average molecular weight is 266 g/mol. The molecule has 0 spiro atoms. The van der Waals surface area contributed by atoms with E-state index in [0.717, 1.165) is 0 Å². The van der Waals surface area contributed by atoms with Gasteiger partial charge in [0.25, 0.3) is 0 Å². The molecule has 108 valence electrons. The molecule has 1 unspecified atom stereocenters. The molecule has 0 bridgehead atoms. The maximum Gasteiger partial charge on any atom is 0.197 e. The summed E-state index contributed by atoms with van der Waals surface area (Å²) in [5, 5.41) is 56.6. The van der Waals surface area contributed by atoms with Crippen molar-refractivity contribution in [3.8, 4) is 0 Å². The van der Waals surface area contributed by atoms with Crippen molar-refractivity contribution in [2.75, 3.05) is 13.2 Å². The maximum absolute atomic E-state index is 10.0. The smallest absolute Gasteiger partial charge is 0.197 e. The minimum atomic E-state index is -2.06. The molecule has 1 rings (SSSR count). The summed E-state index contributed by atoms with van der Waals surface area (Å²) >= 11 is 0. The lowest BCUT2D eigenvalue weighted by Gasteiger charge is -2.42. The van der Waals surface area contributed by atoms with Crippen LogP contribution in [-0.4, -0.2) is 74.1 Å². The van der Waals surface area contributed by atoms with Gasteiger partial charge < -0.3 is 35.4 Å². The van der Waals surface area contributed by atoms with E-state index < -0.39 is 30.2 Å². The molecule has 0 aromatic heterocycles. The van der Waals surface area contributed by atoms with Gasteiger partial charge in [0.1, 0.15) is 18.3 Å². The van der Waals surface area contributed by atoms with Crippen LogP contribution in [0.5, 0.6) is 0 Å². The Bertz CT molecular complexity index is 250. The van der Waals surface area contributed by atoms with Gasteiger partial charge in [-0.25, -0.2) is 0 Å². The number of unbranched alkanes of at least 4 members (excludes halogenated alkanes) is 1. The topological polar surface area (TPSA) is 131 Å². The average Bonchev–Trinajstić information content (AvgIpc) is 2.32. The zero-order valence-electron chi connectivity index (χ0n) is 10.1. The molecule has 0 aliphatic carbocycles. The van der Waals surface area contributed by atoms with Crippen molar-refractivity contribution in [2.24, 2.45) is 0 Å². The molecule has 1 aliphatic rings. The molecule has 18 heavy (non-hydrogen) atoms. The van der Waals surface area contributed by atoms with E-state index >= 15 is 0 Å². The van der Waals surface area contributed by atoms with Crippen LogP contribution < -0.4 is 0 Å². The third-order valence-corrected chi connectivity index (χ3v) is 3.16. The molecule has 1 heterocycles. The fourth-order valence-electron chi connectivity index (χ4n) is 2.00. The molecule has 0 saturated carbocycles. The van der Waals surface area contributed by atoms with Crippen LogP contribution in [0.15, 0.2) is 0 Å². The fourth-order valence-corrected chi connectivity index (χ4v) is 2.00. The second kappa shape index (κ2) is 6.76. The number of rotatable bonds is 6. The first-order chi connectivity index (χ1) is 8.40. The van der Waals surface area contributed by atoms with Crippen molar-refractivity contribution in [3.05, 3.63) is 0 Å². The lowest BCUT2D eigenvalue weighted by atomic mass is 9.91. The van der Waals surface area contributed by atoms with Gasteiger partial charge in [0, 0.05) is 13.0 Å². The Kier molecular flexibility index (Phi) is 5.93. The normalized spacial score (nSPS) is 38.7. The zero-order chi connectivity index (χ0) is 13.8. The predicted molar refractivity (Wildman–Crippen MR) is 60.5 cm³/mol. The first-order valence-corrected chi connectivity index (χ1v) is 6.10. The molecule has 1 aliphatic heterocycles. The van der Waals surface area contributed by atoms with E-state index in [2.05, 4.69) is 0 Å². The van der Waals surface area contributed by atoms with Gasteiger partial charge in [-0.15, -0.1) is 0 Å². The summed E-state index contributed by atoms with van der Waals surface area (Å²) in [5.41, 5.74) is 0. The van der Waals surface area contributed by atoms with E-state index in [4.69, 9.17) is 9.84 Å². The van der Waals surface area contributed by atoms with Crippen molar-refractivity contribution in [3.63, 3.8) is 0 Å². The Morgan fingerprint density at radius 3 is 2.50 bits per heavy atom. The minimum absolute atomic E-state index is 0.0288. The molecular weight excluding hydrogens is 244 g/mol. The van der Waals surface area contributed by atoms with Crippen LogP contribution >= 0.6 is 0 Å². The van der Waals surface area contributed by atoms with Gasteiger partial charge in [-0.1, -0.05) is 0 Å². The van der Waals surface area contributed by atoms with Crippen molar-refractivity contribution in [1.82, 2.24) is 0 Å². The molecule has 0 radical (unpaired) electrons. The number of aliphatic hydroxyl groups excluding tert-OH is 5. The minimum Gasteiger partial charge on any atom is -0.396 e. The van der Waals surface area contributed by atoms with E-state index in [0.29, 0.717) is 19.3 Å². The van der Waals surface area contributed by atoms with E-state index in [1.54, 1.807) is 0 Å². The Morgan fingerprint density at radius 2 is 1.89 bits per heavy atom. The van der Waals surface area contributed by atoms with Gasteiger partial charge in [0.15, 0.2) is 5.79 Å². The lowest BCUT2D eigenvalue weighted by molar-refractivity contribution is -0.329. The highest BCUT2D eigenvalue weighted by Gasteiger charge is 2.49. The first kappa shape index (κ1) is 15.8. The van der Waals surface area contributed by atoms with Crippen LogP contribution in [0, 0.1) is 0 Å². The molecule has 1 saturated heterocycles. The molecule has 6 N–H and O–H groups in total. The van der Waals surface area contributed by atoms with E-state index in [-0.39, 0.29) is 19.6 Å². The monoisotopic (exact) mass is 266 g/mol. The zero-order valence-corrected chi connectivity index (χ0v) is 10.1. The first-order valence-electron chi connectivity index (χ1n) is 6.10. The highest BCUT2D eigenvalue weighted by molar-refractivity contribution is 4.92. The highest BCUT2D eigenvalue weighted by Crippen LogP contribution is 2.29. The second-order valence-corrected chi connectivity index (χ2v) is 4.74. The van der Waals surface area contributed by atoms with Crippen molar-refractivity contribution in [2.45, 2.75) is 55.9 Å². The molecule has 0 aromatic carbocycles. The third kappa shape index (κ3) is 3.86. The molecule has 0 amide bonds. The van der Waals surface area contributed by atoms with Gasteiger partial charge in [-0.05, 0) is 19.3 Å². The molecule has 1 fully saturated rings. The standard InChI is InChI=1S/C11H22O7/c12-4-2-1-3-7(13)5-11(17)10(16)9(15)8(14)6-18-11/h7-10,12-17H,1-6H2/t7?,8-,9+,10-,11-/m1/s1. The quantitative estimate of drug-likeness (QED) is 0.298. The number of hydrogen-bond acceptors (Lipinski definition) is 7.